The Morgan fingerprint density at radius 1 is 0.950 bits per heavy atom. The van der Waals surface area contributed by atoms with Crippen molar-refractivity contribution in [3.8, 4) is 21.9 Å². The SMILES string of the molecule is COc1ccc2cc(-c3ccc(OC)c(F)c3)sc2c1. The summed E-state index contributed by atoms with van der Waals surface area (Å²) in [4.78, 5) is 1.02. The van der Waals surface area contributed by atoms with Crippen molar-refractivity contribution in [2.24, 2.45) is 0 Å². The standard InChI is InChI=1S/C16H13FO2S/c1-18-12-5-3-11-8-15(20-16(11)9-12)10-4-6-14(19-2)13(17)7-10/h3-9H,1-2H3. The fraction of sp³-hybridized carbons (Fsp3) is 0.125. The molecule has 0 radical (unpaired) electrons. The summed E-state index contributed by atoms with van der Waals surface area (Å²) in [5.74, 6) is 0.739. The smallest absolute Gasteiger partial charge is 0.165 e. The van der Waals surface area contributed by atoms with E-state index in [4.69, 9.17) is 9.47 Å². The normalized spacial score (nSPS) is 10.8. The summed E-state index contributed by atoms with van der Waals surface area (Å²) in [7, 11) is 3.11. The van der Waals surface area contributed by atoms with E-state index in [9.17, 15) is 4.39 Å². The molecule has 102 valence electrons. The third-order valence-electron chi connectivity index (χ3n) is 3.16. The lowest BCUT2D eigenvalue weighted by Crippen LogP contribution is -1.87. The number of halogens is 1. The summed E-state index contributed by atoms with van der Waals surface area (Å²) in [6.45, 7) is 0. The molecular formula is C16H13FO2S. The Kier molecular flexibility index (Phi) is 3.32. The van der Waals surface area contributed by atoms with Crippen LogP contribution in [0.1, 0.15) is 0 Å². The van der Waals surface area contributed by atoms with E-state index in [2.05, 4.69) is 6.07 Å². The van der Waals surface area contributed by atoms with Gasteiger partial charge in [-0.2, -0.15) is 0 Å². The maximum absolute atomic E-state index is 13.8. The van der Waals surface area contributed by atoms with Gasteiger partial charge in [0.25, 0.3) is 0 Å². The van der Waals surface area contributed by atoms with Crippen LogP contribution in [0, 0.1) is 5.82 Å². The average molecular weight is 288 g/mol. The van der Waals surface area contributed by atoms with Crippen molar-refractivity contribution in [2.45, 2.75) is 0 Å². The number of fused-ring (bicyclic) bond motifs is 1. The van der Waals surface area contributed by atoms with E-state index in [1.165, 1.54) is 13.2 Å². The largest absolute Gasteiger partial charge is 0.497 e. The molecule has 0 aliphatic carbocycles. The molecule has 0 saturated carbocycles. The van der Waals surface area contributed by atoms with Gasteiger partial charge >= 0.3 is 0 Å². The Morgan fingerprint density at radius 3 is 2.50 bits per heavy atom. The molecular weight excluding hydrogens is 275 g/mol. The van der Waals surface area contributed by atoms with Crippen molar-refractivity contribution in [1.82, 2.24) is 0 Å². The lowest BCUT2D eigenvalue weighted by molar-refractivity contribution is 0.386. The van der Waals surface area contributed by atoms with Gasteiger partial charge in [-0.3, -0.25) is 0 Å². The van der Waals surface area contributed by atoms with Gasteiger partial charge in [0.1, 0.15) is 5.75 Å². The molecule has 0 aliphatic rings. The summed E-state index contributed by atoms with van der Waals surface area (Å²) in [6.07, 6.45) is 0. The van der Waals surface area contributed by atoms with Gasteiger partial charge in [-0.05, 0) is 53.4 Å². The Bertz CT molecular complexity index is 764. The number of ether oxygens (including phenoxy) is 2. The summed E-state index contributed by atoms with van der Waals surface area (Å²) >= 11 is 1.61. The van der Waals surface area contributed by atoms with Crippen LogP contribution in [-0.2, 0) is 0 Å². The molecule has 0 N–H and O–H groups in total. The third-order valence-corrected chi connectivity index (χ3v) is 4.31. The van der Waals surface area contributed by atoms with Crippen LogP contribution >= 0.6 is 11.3 Å². The number of thiophene rings is 1. The quantitative estimate of drug-likeness (QED) is 0.694. The first-order valence-corrected chi connectivity index (χ1v) is 6.94. The van der Waals surface area contributed by atoms with E-state index in [1.54, 1.807) is 24.5 Å². The van der Waals surface area contributed by atoms with Crippen molar-refractivity contribution in [3.05, 3.63) is 48.3 Å². The molecule has 3 rings (SSSR count). The Hall–Kier alpha value is -2.07. The highest BCUT2D eigenvalue weighted by Crippen LogP contribution is 2.36. The van der Waals surface area contributed by atoms with E-state index in [-0.39, 0.29) is 11.6 Å². The molecule has 0 aliphatic heterocycles. The molecule has 0 atom stereocenters. The number of benzene rings is 2. The number of rotatable bonds is 3. The van der Waals surface area contributed by atoms with Crippen molar-refractivity contribution in [1.29, 1.82) is 0 Å². The first-order valence-electron chi connectivity index (χ1n) is 6.13. The van der Waals surface area contributed by atoms with Gasteiger partial charge in [0.15, 0.2) is 11.6 Å². The fourth-order valence-corrected chi connectivity index (χ4v) is 3.19. The number of hydrogen-bond acceptors (Lipinski definition) is 3. The predicted octanol–water partition coefficient (Wildman–Crippen LogP) is 4.72. The van der Waals surface area contributed by atoms with Crippen molar-refractivity contribution >= 4 is 21.4 Å². The Labute approximate surface area is 120 Å². The highest BCUT2D eigenvalue weighted by atomic mass is 32.1. The van der Waals surface area contributed by atoms with E-state index in [0.29, 0.717) is 0 Å². The zero-order valence-corrected chi connectivity index (χ0v) is 12.0. The second-order valence-corrected chi connectivity index (χ2v) is 5.45. The molecule has 2 aromatic carbocycles. The van der Waals surface area contributed by atoms with Crippen LogP contribution in [0.25, 0.3) is 20.5 Å². The maximum atomic E-state index is 13.8. The van der Waals surface area contributed by atoms with Gasteiger partial charge in [-0.1, -0.05) is 0 Å². The molecule has 3 aromatic rings. The van der Waals surface area contributed by atoms with Crippen LogP contribution in [-0.4, -0.2) is 14.2 Å². The summed E-state index contributed by atoms with van der Waals surface area (Å²) < 4.78 is 25.0. The molecule has 20 heavy (non-hydrogen) atoms. The van der Waals surface area contributed by atoms with E-state index in [0.717, 1.165) is 26.3 Å². The zero-order valence-electron chi connectivity index (χ0n) is 11.1. The summed E-state index contributed by atoms with van der Waals surface area (Å²) in [5.41, 5.74) is 0.850. The second-order valence-electron chi connectivity index (χ2n) is 4.36. The molecule has 0 amide bonds. The van der Waals surface area contributed by atoms with Gasteiger partial charge in [0, 0.05) is 9.58 Å². The lowest BCUT2D eigenvalue weighted by Gasteiger charge is -2.03. The van der Waals surface area contributed by atoms with Crippen molar-refractivity contribution in [3.63, 3.8) is 0 Å². The monoisotopic (exact) mass is 288 g/mol. The second kappa shape index (κ2) is 5.13. The van der Waals surface area contributed by atoms with Gasteiger partial charge < -0.3 is 9.47 Å². The van der Waals surface area contributed by atoms with E-state index in [1.807, 2.05) is 24.3 Å². The first kappa shape index (κ1) is 12.9. The average Bonchev–Trinajstić information content (AvgIpc) is 2.89. The number of hydrogen-bond donors (Lipinski definition) is 0. The minimum Gasteiger partial charge on any atom is -0.497 e. The molecule has 0 saturated heterocycles. The lowest BCUT2D eigenvalue weighted by atomic mass is 10.1. The van der Waals surface area contributed by atoms with Crippen LogP contribution < -0.4 is 9.47 Å². The van der Waals surface area contributed by atoms with Crippen LogP contribution in [0.3, 0.4) is 0 Å². The van der Waals surface area contributed by atoms with Crippen LogP contribution in [0.5, 0.6) is 11.5 Å². The summed E-state index contributed by atoms with van der Waals surface area (Å²) in [5, 5.41) is 1.13. The Morgan fingerprint density at radius 2 is 1.80 bits per heavy atom. The fourth-order valence-electron chi connectivity index (χ4n) is 2.10. The maximum Gasteiger partial charge on any atom is 0.165 e. The minimum absolute atomic E-state index is 0.261. The molecule has 4 heteroatoms. The molecule has 2 nitrogen and oxygen atoms in total. The topological polar surface area (TPSA) is 18.5 Å². The van der Waals surface area contributed by atoms with Crippen LogP contribution in [0.4, 0.5) is 4.39 Å². The van der Waals surface area contributed by atoms with Crippen LogP contribution in [0.15, 0.2) is 42.5 Å². The molecule has 0 fully saturated rings. The van der Waals surface area contributed by atoms with Crippen LogP contribution in [0.2, 0.25) is 0 Å². The Balaban J connectivity index is 2.07. The molecule has 0 spiro atoms. The third kappa shape index (κ3) is 2.23. The molecule has 0 unspecified atom stereocenters. The van der Waals surface area contributed by atoms with E-state index < -0.39 is 0 Å². The summed E-state index contributed by atoms with van der Waals surface area (Å²) in [6, 6.07) is 13.0. The highest BCUT2D eigenvalue weighted by molar-refractivity contribution is 7.22. The molecule has 1 heterocycles. The van der Waals surface area contributed by atoms with Gasteiger partial charge in [-0.15, -0.1) is 11.3 Å². The van der Waals surface area contributed by atoms with Crippen molar-refractivity contribution in [2.75, 3.05) is 14.2 Å². The van der Waals surface area contributed by atoms with E-state index >= 15 is 0 Å². The highest BCUT2D eigenvalue weighted by Gasteiger charge is 2.09. The zero-order chi connectivity index (χ0) is 14.1. The van der Waals surface area contributed by atoms with Crippen molar-refractivity contribution < 1.29 is 13.9 Å². The van der Waals surface area contributed by atoms with Gasteiger partial charge in [-0.25, -0.2) is 4.39 Å². The predicted molar refractivity (Wildman–Crippen MR) is 80.3 cm³/mol. The van der Waals surface area contributed by atoms with Gasteiger partial charge in [0.2, 0.25) is 0 Å². The number of methoxy groups -OCH3 is 2. The molecule has 1 aromatic heterocycles. The first-order chi connectivity index (χ1) is 9.71. The molecule has 0 bridgehead atoms. The minimum atomic E-state index is -0.347. The van der Waals surface area contributed by atoms with Gasteiger partial charge in [0.05, 0.1) is 14.2 Å².